The number of nitrogens with zero attached hydrogens (tertiary/aromatic N) is 3. The highest BCUT2D eigenvalue weighted by Gasteiger charge is 2.35. The number of carbonyl (C=O) groups is 1. The molecule has 2 fully saturated rings. The Morgan fingerprint density at radius 2 is 1.68 bits per heavy atom. The van der Waals surface area contributed by atoms with Gasteiger partial charge in [-0.25, -0.2) is 12.7 Å². The molecule has 0 saturated carbocycles. The average molecular weight is 486 g/mol. The van der Waals surface area contributed by atoms with Crippen LogP contribution in [0.25, 0.3) is 0 Å². The smallest absolute Gasteiger partial charge is 0.227 e. The molecule has 0 aliphatic carbocycles. The summed E-state index contributed by atoms with van der Waals surface area (Å²) in [6.45, 7) is 3.56. The maximum Gasteiger partial charge on any atom is 0.227 e. The summed E-state index contributed by atoms with van der Waals surface area (Å²) in [5.74, 6) is 0.794. The number of piperidine rings is 1. The largest absolute Gasteiger partial charge is 0.495 e. The number of hydrogen-bond donors (Lipinski definition) is 0. The molecule has 8 heteroatoms. The van der Waals surface area contributed by atoms with E-state index in [0.29, 0.717) is 32.6 Å². The Morgan fingerprint density at radius 3 is 2.41 bits per heavy atom. The molecule has 1 amide bonds. The topological polar surface area (TPSA) is 70.2 Å². The van der Waals surface area contributed by atoms with Gasteiger partial charge < -0.3 is 14.5 Å². The number of amides is 1. The minimum Gasteiger partial charge on any atom is -0.495 e. The summed E-state index contributed by atoms with van der Waals surface area (Å²) in [7, 11) is -1.69. The molecule has 4 rings (SSSR count). The van der Waals surface area contributed by atoms with Crippen LogP contribution in [0.4, 0.5) is 5.69 Å². The van der Waals surface area contributed by atoms with Crippen LogP contribution in [0.1, 0.15) is 24.8 Å². The van der Waals surface area contributed by atoms with Gasteiger partial charge in [0.05, 0.1) is 24.5 Å². The van der Waals surface area contributed by atoms with E-state index in [1.54, 1.807) is 11.4 Å². The first-order chi connectivity index (χ1) is 16.5. The number of piperazine rings is 1. The van der Waals surface area contributed by atoms with Gasteiger partial charge >= 0.3 is 0 Å². The maximum atomic E-state index is 13.3. The fourth-order valence-corrected chi connectivity index (χ4v) is 6.53. The van der Waals surface area contributed by atoms with E-state index in [1.807, 2.05) is 59.5 Å². The van der Waals surface area contributed by atoms with E-state index in [0.717, 1.165) is 49.4 Å². The number of anilines is 1. The zero-order valence-electron chi connectivity index (χ0n) is 19.9. The number of methoxy groups -OCH3 is 1. The van der Waals surface area contributed by atoms with Crippen molar-refractivity contribution in [3.63, 3.8) is 0 Å². The Morgan fingerprint density at radius 1 is 0.971 bits per heavy atom. The number of sulfonamides is 1. The van der Waals surface area contributed by atoms with Gasteiger partial charge in [-0.3, -0.25) is 4.79 Å². The van der Waals surface area contributed by atoms with Crippen LogP contribution in [0.5, 0.6) is 5.75 Å². The van der Waals surface area contributed by atoms with Gasteiger partial charge in [-0.15, -0.1) is 0 Å². The minimum absolute atomic E-state index is 0.0869. The minimum atomic E-state index is -3.36. The van der Waals surface area contributed by atoms with Crippen molar-refractivity contribution in [3.05, 3.63) is 60.2 Å². The number of hydrogen-bond acceptors (Lipinski definition) is 5. The molecule has 0 aromatic heterocycles. The first kappa shape index (κ1) is 24.5. The Bertz CT molecular complexity index is 1050. The number of rotatable bonds is 8. The van der Waals surface area contributed by atoms with E-state index in [4.69, 9.17) is 4.74 Å². The SMILES string of the molecule is COc1ccccc1N1CCN(C(=O)[C@@H]2CCCN(S(=O)(=O)CCCc3ccccc3)C2)CC1. The first-order valence-electron chi connectivity index (χ1n) is 12.2. The molecule has 2 aromatic carbocycles. The van der Waals surface area contributed by atoms with Crippen molar-refractivity contribution in [3.8, 4) is 5.75 Å². The lowest BCUT2D eigenvalue weighted by Crippen LogP contribution is -2.53. The highest BCUT2D eigenvalue weighted by atomic mass is 32.2. The molecule has 1 atom stereocenters. The summed E-state index contributed by atoms with van der Waals surface area (Å²) in [6, 6.07) is 17.9. The van der Waals surface area contributed by atoms with Crippen LogP contribution in [-0.4, -0.2) is 75.7 Å². The molecule has 0 radical (unpaired) electrons. The number of carbonyl (C=O) groups excluding carboxylic acids is 1. The van der Waals surface area contributed by atoms with Gasteiger partial charge in [-0.05, 0) is 43.4 Å². The molecule has 2 heterocycles. The van der Waals surface area contributed by atoms with Crippen LogP contribution in [0.2, 0.25) is 0 Å². The van der Waals surface area contributed by atoms with Crippen molar-refractivity contribution in [1.82, 2.24) is 9.21 Å². The van der Waals surface area contributed by atoms with Gasteiger partial charge in [-0.2, -0.15) is 0 Å². The standard InChI is InChI=1S/C26H35N3O4S/c1-33-25-14-6-5-13-24(25)27-16-18-28(19-17-27)26(30)23-12-7-15-29(21-23)34(31,32)20-8-11-22-9-3-2-4-10-22/h2-6,9-10,13-14,23H,7-8,11-12,15-21H2,1H3/t23-/m1/s1. The van der Waals surface area contributed by atoms with Gasteiger partial charge in [0.2, 0.25) is 15.9 Å². The van der Waals surface area contributed by atoms with Gasteiger partial charge in [0, 0.05) is 39.3 Å². The van der Waals surface area contributed by atoms with Gasteiger partial charge in [0.1, 0.15) is 5.75 Å². The van der Waals surface area contributed by atoms with Crippen LogP contribution in [-0.2, 0) is 21.2 Å². The highest BCUT2D eigenvalue weighted by Crippen LogP contribution is 2.29. The Balaban J connectivity index is 1.29. The highest BCUT2D eigenvalue weighted by molar-refractivity contribution is 7.89. The van der Waals surface area contributed by atoms with Gasteiger partial charge in [-0.1, -0.05) is 42.5 Å². The zero-order chi connectivity index (χ0) is 24.0. The molecule has 2 aromatic rings. The second-order valence-corrected chi connectivity index (χ2v) is 11.2. The van der Waals surface area contributed by atoms with Crippen LogP contribution in [0.15, 0.2) is 54.6 Å². The number of ether oxygens (including phenoxy) is 1. The Hall–Kier alpha value is -2.58. The molecular formula is C26H35N3O4S. The number of aryl methyl sites for hydroxylation is 1. The molecule has 0 unspecified atom stereocenters. The lowest BCUT2D eigenvalue weighted by molar-refractivity contribution is -0.137. The zero-order valence-corrected chi connectivity index (χ0v) is 20.8. The number of benzene rings is 2. The predicted molar refractivity (Wildman–Crippen MR) is 135 cm³/mol. The van der Waals surface area contributed by atoms with E-state index in [-0.39, 0.29) is 17.6 Å². The van der Waals surface area contributed by atoms with E-state index in [2.05, 4.69) is 4.90 Å². The predicted octanol–water partition coefficient (Wildman–Crippen LogP) is 3.02. The molecule has 34 heavy (non-hydrogen) atoms. The van der Waals surface area contributed by atoms with Crippen LogP contribution >= 0.6 is 0 Å². The van der Waals surface area contributed by atoms with Gasteiger partial charge in [0.25, 0.3) is 0 Å². The fraction of sp³-hybridized carbons (Fsp3) is 0.500. The molecule has 7 nitrogen and oxygen atoms in total. The van der Waals surface area contributed by atoms with Crippen LogP contribution in [0, 0.1) is 5.92 Å². The van der Waals surface area contributed by atoms with Gasteiger partial charge in [0.15, 0.2) is 0 Å². The van der Waals surface area contributed by atoms with E-state index in [1.165, 1.54) is 0 Å². The Labute approximate surface area is 203 Å². The van der Waals surface area contributed by atoms with Crippen molar-refractivity contribution in [2.75, 3.05) is 57.0 Å². The summed E-state index contributed by atoms with van der Waals surface area (Å²) in [5, 5.41) is 0. The maximum absolute atomic E-state index is 13.3. The van der Waals surface area contributed by atoms with Crippen molar-refractivity contribution in [2.45, 2.75) is 25.7 Å². The van der Waals surface area contributed by atoms with E-state index < -0.39 is 10.0 Å². The third-order valence-electron chi connectivity index (χ3n) is 6.85. The number of para-hydroxylation sites is 2. The fourth-order valence-electron chi connectivity index (χ4n) is 4.95. The van der Waals surface area contributed by atoms with E-state index >= 15 is 0 Å². The molecule has 2 aliphatic rings. The quantitative estimate of drug-likeness (QED) is 0.575. The lowest BCUT2D eigenvalue weighted by Gasteiger charge is -2.39. The van der Waals surface area contributed by atoms with Crippen LogP contribution in [0.3, 0.4) is 0 Å². The third-order valence-corrected chi connectivity index (χ3v) is 8.78. The van der Waals surface area contributed by atoms with Crippen molar-refractivity contribution in [1.29, 1.82) is 0 Å². The normalized spacial score (nSPS) is 19.7. The first-order valence-corrected chi connectivity index (χ1v) is 13.8. The molecule has 0 N–H and O–H groups in total. The third kappa shape index (κ3) is 5.91. The molecule has 2 saturated heterocycles. The molecular weight excluding hydrogens is 450 g/mol. The summed E-state index contributed by atoms with van der Waals surface area (Å²) in [6.07, 6.45) is 2.82. The van der Waals surface area contributed by atoms with Crippen molar-refractivity contribution < 1.29 is 17.9 Å². The Kier molecular flexibility index (Phi) is 8.11. The average Bonchev–Trinajstić information content (AvgIpc) is 2.89. The summed E-state index contributed by atoms with van der Waals surface area (Å²) < 4.78 is 33.0. The summed E-state index contributed by atoms with van der Waals surface area (Å²) in [4.78, 5) is 17.4. The second kappa shape index (κ2) is 11.2. The molecule has 184 valence electrons. The monoisotopic (exact) mass is 485 g/mol. The lowest BCUT2D eigenvalue weighted by atomic mass is 9.97. The molecule has 2 aliphatic heterocycles. The second-order valence-electron chi connectivity index (χ2n) is 9.09. The molecule has 0 bridgehead atoms. The summed E-state index contributed by atoms with van der Waals surface area (Å²) in [5.41, 5.74) is 2.19. The van der Waals surface area contributed by atoms with E-state index in [9.17, 15) is 13.2 Å². The van der Waals surface area contributed by atoms with Crippen molar-refractivity contribution in [2.24, 2.45) is 5.92 Å². The van der Waals surface area contributed by atoms with Crippen molar-refractivity contribution >= 4 is 21.6 Å². The molecule has 0 spiro atoms. The van der Waals surface area contributed by atoms with Crippen LogP contribution < -0.4 is 9.64 Å². The summed E-state index contributed by atoms with van der Waals surface area (Å²) >= 11 is 0.